The molecule has 188 valence electrons. The van der Waals surface area contributed by atoms with Crippen LogP contribution in [0.5, 0.6) is 0 Å². The number of aryl methyl sites for hydroxylation is 1. The summed E-state index contributed by atoms with van der Waals surface area (Å²) in [6.45, 7) is 2.13. The van der Waals surface area contributed by atoms with Gasteiger partial charge in [0.05, 0.1) is 10.9 Å². The molecule has 2 unspecified atom stereocenters. The second-order valence-corrected chi connectivity index (χ2v) is 9.56. The molecular formula is C25H29F3N4O3. The third-order valence-electron chi connectivity index (χ3n) is 7.19. The first-order valence-electron chi connectivity index (χ1n) is 11.5. The van der Waals surface area contributed by atoms with Gasteiger partial charge in [-0.25, -0.2) is 4.79 Å². The van der Waals surface area contributed by atoms with E-state index in [4.69, 9.17) is 4.42 Å². The zero-order chi connectivity index (χ0) is 25.4. The van der Waals surface area contributed by atoms with Gasteiger partial charge >= 0.3 is 11.9 Å². The Morgan fingerprint density at radius 3 is 2.51 bits per heavy atom. The van der Waals surface area contributed by atoms with Crippen molar-refractivity contribution in [3.8, 4) is 0 Å². The van der Waals surface area contributed by atoms with Gasteiger partial charge in [-0.2, -0.15) is 13.2 Å². The Hall–Kier alpha value is -3.14. The Bertz CT molecular complexity index is 1250. The van der Waals surface area contributed by atoms with Gasteiger partial charge in [-0.1, -0.05) is 6.07 Å². The summed E-state index contributed by atoms with van der Waals surface area (Å²) in [5.41, 5.74) is 1.52. The van der Waals surface area contributed by atoms with Gasteiger partial charge in [-0.3, -0.25) is 14.8 Å². The van der Waals surface area contributed by atoms with Crippen molar-refractivity contribution in [1.29, 1.82) is 0 Å². The number of carbonyl (C=O) groups is 1. The number of likely N-dealkylation sites (N-methyl/N-ethyl adjacent to an activating group) is 1. The first kappa shape index (κ1) is 25.0. The van der Waals surface area contributed by atoms with E-state index < -0.39 is 29.2 Å². The summed E-state index contributed by atoms with van der Waals surface area (Å²) in [7, 11) is 3.76. The zero-order valence-corrected chi connectivity index (χ0v) is 19.9. The Labute approximate surface area is 200 Å². The summed E-state index contributed by atoms with van der Waals surface area (Å²) >= 11 is 0. The number of alkyl halides is 3. The minimum Gasteiger partial charge on any atom is -0.408 e. The van der Waals surface area contributed by atoms with E-state index in [1.807, 2.05) is 32.0 Å². The van der Waals surface area contributed by atoms with Crippen molar-refractivity contribution >= 4 is 17.0 Å². The number of nitrogens with zero attached hydrogens (tertiary/aromatic N) is 2. The lowest BCUT2D eigenvalue weighted by molar-refractivity contribution is -0.194. The van der Waals surface area contributed by atoms with E-state index in [1.54, 1.807) is 18.2 Å². The molecule has 7 nitrogen and oxygen atoms in total. The Kier molecular flexibility index (Phi) is 6.77. The number of halogens is 3. The molecule has 4 rings (SSSR count). The molecule has 1 amide bonds. The van der Waals surface area contributed by atoms with Crippen LogP contribution in [-0.4, -0.2) is 53.6 Å². The lowest BCUT2D eigenvalue weighted by Crippen LogP contribution is -2.43. The number of pyridine rings is 1. The molecule has 35 heavy (non-hydrogen) atoms. The summed E-state index contributed by atoms with van der Waals surface area (Å²) in [5, 5.41) is 2.85. The Morgan fingerprint density at radius 2 is 1.91 bits per heavy atom. The highest BCUT2D eigenvalue weighted by Gasteiger charge is 2.67. The van der Waals surface area contributed by atoms with E-state index in [0.717, 1.165) is 11.1 Å². The molecule has 2 heterocycles. The fraction of sp³-hybridized carbons (Fsp3) is 0.480. The number of fused-ring (bicyclic) bond motifs is 1. The van der Waals surface area contributed by atoms with E-state index in [0.29, 0.717) is 23.1 Å². The molecule has 0 radical (unpaired) electrons. The third-order valence-corrected chi connectivity index (χ3v) is 7.19. The van der Waals surface area contributed by atoms with Crippen LogP contribution >= 0.6 is 0 Å². The molecule has 1 saturated carbocycles. The molecule has 0 bridgehead atoms. The number of rotatable bonds is 9. The van der Waals surface area contributed by atoms with Gasteiger partial charge in [0.2, 0.25) is 5.91 Å². The quantitative estimate of drug-likeness (QED) is 0.474. The van der Waals surface area contributed by atoms with Gasteiger partial charge in [-0.15, -0.1) is 0 Å². The summed E-state index contributed by atoms with van der Waals surface area (Å²) < 4.78 is 47.0. The Morgan fingerprint density at radius 1 is 1.23 bits per heavy atom. The number of amides is 1. The van der Waals surface area contributed by atoms with E-state index in [2.05, 4.69) is 15.3 Å². The number of H-pyrrole nitrogens is 1. The molecule has 2 atom stereocenters. The van der Waals surface area contributed by atoms with E-state index in [9.17, 15) is 22.8 Å². The summed E-state index contributed by atoms with van der Waals surface area (Å²) in [4.78, 5) is 32.9. The van der Waals surface area contributed by atoms with Gasteiger partial charge in [0, 0.05) is 37.3 Å². The van der Waals surface area contributed by atoms with Crippen molar-refractivity contribution in [2.45, 2.75) is 50.7 Å². The summed E-state index contributed by atoms with van der Waals surface area (Å²) in [6, 6.07) is 6.69. The highest BCUT2D eigenvalue weighted by Crippen LogP contribution is 2.66. The number of hydrogen-bond donors (Lipinski definition) is 2. The van der Waals surface area contributed by atoms with E-state index >= 15 is 0 Å². The molecule has 2 N–H and O–H groups in total. The topological polar surface area (TPSA) is 91.2 Å². The molecule has 1 aliphatic rings. The molecule has 1 fully saturated rings. The number of aromatic nitrogens is 2. The fourth-order valence-electron chi connectivity index (χ4n) is 4.78. The molecule has 0 saturated heterocycles. The van der Waals surface area contributed by atoms with Crippen LogP contribution in [0, 0.1) is 12.3 Å². The molecule has 2 aromatic heterocycles. The Balaban J connectivity index is 1.46. The minimum atomic E-state index is -4.38. The maximum absolute atomic E-state index is 13.9. The molecule has 3 aromatic rings. The van der Waals surface area contributed by atoms with Crippen molar-refractivity contribution in [3.63, 3.8) is 0 Å². The largest absolute Gasteiger partial charge is 0.417 e. The van der Waals surface area contributed by atoms with Crippen LogP contribution in [-0.2, 0) is 11.2 Å². The predicted octanol–water partition coefficient (Wildman–Crippen LogP) is 3.93. The smallest absolute Gasteiger partial charge is 0.408 e. The van der Waals surface area contributed by atoms with Crippen LogP contribution < -0.4 is 11.1 Å². The standard InChI is InChI=1S/C25H29F3N4O3/c1-15-17(4-5-20-22(15)35-23(34)31-20)12-18(32(2)3)14-30-21(33)13-19(16-6-10-29-11-7-16)24(8-9-24)25(26,27)28/h4-7,10-11,18-19H,8-9,12-14H2,1-3H3,(H,30,33)(H,31,34). The van der Waals surface area contributed by atoms with E-state index in [-0.39, 0.29) is 31.8 Å². The van der Waals surface area contributed by atoms with Gasteiger partial charge in [0.1, 0.15) is 0 Å². The van der Waals surface area contributed by atoms with Crippen LogP contribution in [0.4, 0.5) is 13.2 Å². The van der Waals surface area contributed by atoms with Crippen molar-refractivity contribution < 1.29 is 22.4 Å². The van der Waals surface area contributed by atoms with Crippen LogP contribution in [0.1, 0.15) is 41.9 Å². The second kappa shape index (κ2) is 9.49. The molecule has 10 heteroatoms. The molecule has 0 spiro atoms. The molecule has 0 aliphatic heterocycles. The lowest BCUT2D eigenvalue weighted by atomic mass is 9.80. The number of hydrogen-bond acceptors (Lipinski definition) is 5. The zero-order valence-electron chi connectivity index (χ0n) is 19.9. The van der Waals surface area contributed by atoms with Crippen molar-refractivity contribution in [1.82, 2.24) is 20.2 Å². The van der Waals surface area contributed by atoms with Gasteiger partial charge < -0.3 is 14.6 Å². The second-order valence-electron chi connectivity index (χ2n) is 9.56. The lowest BCUT2D eigenvalue weighted by Gasteiger charge is -2.30. The maximum atomic E-state index is 13.9. The monoisotopic (exact) mass is 490 g/mol. The number of carbonyl (C=O) groups excluding carboxylic acids is 1. The number of oxazole rings is 1. The molecule has 1 aliphatic carbocycles. The number of benzene rings is 1. The molecular weight excluding hydrogens is 461 g/mol. The van der Waals surface area contributed by atoms with Crippen LogP contribution in [0.2, 0.25) is 0 Å². The van der Waals surface area contributed by atoms with Gasteiger partial charge in [-0.05, 0) is 75.2 Å². The minimum absolute atomic E-state index is 0.0220. The van der Waals surface area contributed by atoms with Crippen LogP contribution in [0.25, 0.3) is 11.1 Å². The van der Waals surface area contributed by atoms with Crippen molar-refractivity contribution in [2.24, 2.45) is 5.41 Å². The SMILES string of the molecule is Cc1c(CC(CNC(=O)CC(c2ccncc2)C2(C(F)(F)F)CC2)N(C)C)ccc2[nH]c(=O)oc12. The third kappa shape index (κ3) is 5.12. The first-order chi connectivity index (χ1) is 16.5. The fourth-order valence-corrected chi connectivity index (χ4v) is 4.78. The molecule has 1 aromatic carbocycles. The number of aromatic amines is 1. The van der Waals surface area contributed by atoms with Crippen molar-refractivity contribution in [3.05, 3.63) is 63.9 Å². The van der Waals surface area contributed by atoms with Crippen LogP contribution in [0.3, 0.4) is 0 Å². The van der Waals surface area contributed by atoms with Crippen LogP contribution in [0.15, 0.2) is 45.9 Å². The highest BCUT2D eigenvalue weighted by atomic mass is 19.4. The average molecular weight is 491 g/mol. The predicted molar refractivity (Wildman–Crippen MR) is 125 cm³/mol. The van der Waals surface area contributed by atoms with Crippen molar-refractivity contribution in [2.75, 3.05) is 20.6 Å². The maximum Gasteiger partial charge on any atom is 0.417 e. The normalized spacial score (nSPS) is 16.9. The van der Waals surface area contributed by atoms with Gasteiger partial charge in [0.25, 0.3) is 0 Å². The average Bonchev–Trinajstić information content (AvgIpc) is 3.53. The highest BCUT2D eigenvalue weighted by molar-refractivity contribution is 5.78. The summed E-state index contributed by atoms with van der Waals surface area (Å²) in [5.74, 6) is -1.89. The van der Waals surface area contributed by atoms with E-state index in [1.165, 1.54) is 12.4 Å². The first-order valence-corrected chi connectivity index (χ1v) is 11.5. The number of nitrogens with one attached hydrogen (secondary N) is 2. The van der Waals surface area contributed by atoms with Gasteiger partial charge in [0.15, 0.2) is 5.58 Å². The summed E-state index contributed by atoms with van der Waals surface area (Å²) in [6.07, 6.45) is -1.10.